The SMILES string of the molecule is Cc1ccc(S(=O)(=O)NCCC(=O)Nc2ccc(S(=O)(=O)N3CCCC3)cc2)cc1. The van der Waals surface area contributed by atoms with Gasteiger partial charge in [-0.2, -0.15) is 4.31 Å². The van der Waals surface area contributed by atoms with E-state index in [-0.39, 0.29) is 28.7 Å². The van der Waals surface area contributed by atoms with Crippen LogP contribution in [0.1, 0.15) is 24.8 Å². The van der Waals surface area contributed by atoms with Crippen LogP contribution in [0.4, 0.5) is 5.69 Å². The van der Waals surface area contributed by atoms with Gasteiger partial charge in [0.1, 0.15) is 0 Å². The van der Waals surface area contributed by atoms with Gasteiger partial charge in [-0.25, -0.2) is 21.6 Å². The van der Waals surface area contributed by atoms with Gasteiger partial charge in [-0.3, -0.25) is 4.79 Å². The van der Waals surface area contributed by atoms with Gasteiger partial charge in [0.25, 0.3) is 0 Å². The van der Waals surface area contributed by atoms with Crippen molar-refractivity contribution < 1.29 is 21.6 Å². The topological polar surface area (TPSA) is 113 Å². The highest BCUT2D eigenvalue weighted by molar-refractivity contribution is 7.89. The molecule has 0 aromatic heterocycles. The third-order valence-corrected chi connectivity index (χ3v) is 8.21. The van der Waals surface area contributed by atoms with E-state index in [4.69, 9.17) is 0 Å². The van der Waals surface area contributed by atoms with E-state index in [2.05, 4.69) is 10.0 Å². The number of carbonyl (C=O) groups excluding carboxylic acids is 1. The minimum absolute atomic E-state index is 0.0521. The Morgan fingerprint density at radius 3 is 2.07 bits per heavy atom. The number of hydrogen-bond acceptors (Lipinski definition) is 5. The van der Waals surface area contributed by atoms with E-state index in [0.717, 1.165) is 18.4 Å². The molecule has 8 nitrogen and oxygen atoms in total. The van der Waals surface area contributed by atoms with Gasteiger partial charge in [0.05, 0.1) is 9.79 Å². The molecule has 30 heavy (non-hydrogen) atoms. The number of rotatable bonds is 8. The van der Waals surface area contributed by atoms with Gasteiger partial charge < -0.3 is 5.32 Å². The summed E-state index contributed by atoms with van der Waals surface area (Å²) in [7, 11) is -7.18. The summed E-state index contributed by atoms with van der Waals surface area (Å²) >= 11 is 0. The Morgan fingerprint density at radius 2 is 1.47 bits per heavy atom. The highest BCUT2D eigenvalue weighted by atomic mass is 32.2. The first-order valence-electron chi connectivity index (χ1n) is 9.65. The third-order valence-electron chi connectivity index (χ3n) is 4.82. The summed E-state index contributed by atoms with van der Waals surface area (Å²) in [6.45, 7) is 2.87. The van der Waals surface area contributed by atoms with E-state index in [1.807, 2.05) is 6.92 Å². The van der Waals surface area contributed by atoms with E-state index >= 15 is 0 Å². The van der Waals surface area contributed by atoms with Crippen LogP contribution in [-0.4, -0.2) is 46.7 Å². The van der Waals surface area contributed by atoms with Gasteiger partial charge in [0, 0.05) is 31.7 Å². The van der Waals surface area contributed by atoms with Gasteiger partial charge in [-0.1, -0.05) is 17.7 Å². The average molecular weight is 452 g/mol. The normalized spacial score (nSPS) is 15.2. The molecule has 1 heterocycles. The van der Waals surface area contributed by atoms with Gasteiger partial charge in [0.15, 0.2) is 0 Å². The first kappa shape index (κ1) is 22.4. The molecule has 0 atom stereocenters. The Hall–Kier alpha value is -2.27. The summed E-state index contributed by atoms with van der Waals surface area (Å²) in [4.78, 5) is 12.4. The lowest BCUT2D eigenvalue weighted by Gasteiger charge is -2.15. The number of nitrogens with zero attached hydrogens (tertiary/aromatic N) is 1. The van der Waals surface area contributed by atoms with Crippen molar-refractivity contribution in [3.8, 4) is 0 Å². The van der Waals surface area contributed by atoms with E-state index in [1.165, 1.54) is 40.7 Å². The Morgan fingerprint density at radius 1 is 0.900 bits per heavy atom. The van der Waals surface area contributed by atoms with Crippen LogP contribution in [0.3, 0.4) is 0 Å². The van der Waals surface area contributed by atoms with Crippen molar-refractivity contribution >= 4 is 31.6 Å². The Labute approximate surface area is 177 Å². The van der Waals surface area contributed by atoms with Crippen molar-refractivity contribution in [3.05, 3.63) is 54.1 Å². The standard InChI is InChI=1S/C20H25N3O5S2/c1-16-4-8-18(9-5-16)29(25,26)21-13-12-20(24)22-17-6-10-19(11-7-17)30(27,28)23-14-2-3-15-23/h4-11,21H,2-3,12-15H2,1H3,(H,22,24). The summed E-state index contributed by atoms with van der Waals surface area (Å²) in [6.07, 6.45) is 1.67. The van der Waals surface area contributed by atoms with Crippen LogP contribution in [-0.2, 0) is 24.8 Å². The van der Waals surface area contributed by atoms with Gasteiger partial charge in [-0.05, 0) is 56.2 Å². The molecule has 1 saturated heterocycles. The number of aryl methyl sites for hydroxylation is 1. The van der Waals surface area contributed by atoms with Crippen molar-refractivity contribution in [1.29, 1.82) is 0 Å². The van der Waals surface area contributed by atoms with Crippen LogP contribution in [0.2, 0.25) is 0 Å². The second-order valence-electron chi connectivity index (χ2n) is 7.14. The molecule has 0 radical (unpaired) electrons. The number of hydrogen-bond donors (Lipinski definition) is 2. The number of anilines is 1. The lowest BCUT2D eigenvalue weighted by Crippen LogP contribution is -2.28. The maximum absolute atomic E-state index is 12.5. The molecule has 0 bridgehead atoms. The van der Waals surface area contributed by atoms with Crippen molar-refractivity contribution in [3.63, 3.8) is 0 Å². The quantitative estimate of drug-likeness (QED) is 0.638. The summed E-state index contributed by atoms with van der Waals surface area (Å²) < 4.78 is 53.3. The van der Waals surface area contributed by atoms with Crippen LogP contribution in [0.5, 0.6) is 0 Å². The van der Waals surface area contributed by atoms with E-state index in [0.29, 0.717) is 18.8 Å². The van der Waals surface area contributed by atoms with E-state index in [1.54, 1.807) is 12.1 Å². The fourth-order valence-electron chi connectivity index (χ4n) is 3.11. The van der Waals surface area contributed by atoms with Crippen LogP contribution < -0.4 is 10.0 Å². The molecule has 1 fully saturated rings. The van der Waals surface area contributed by atoms with Gasteiger partial charge in [0.2, 0.25) is 26.0 Å². The molecule has 1 aliphatic heterocycles. The van der Waals surface area contributed by atoms with Crippen molar-refractivity contribution in [2.45, 2.75) is 36.0 Å². The van der Waals surface area contributed by atoms with Crippen molar-refractivity contribution in [1.82, 2.24) is 9.03 Å². The molecule has 10 heteroatoms. The Kier molecular flexibility index (Phi) is 6.91. The summed E-state index contributed by atoms with van der Waals surface area (Å²) in [5.74, 6) is -0.378. The zero-order chi connectivity index (χ0) is 21.8. The molecular weight excluding hydrogens is 426 g/mol. The summed E-state index contributed by atoms with van der Waals surface area (Å²) in [5.41, 5.74) is 1.40. The molecule has 0 saturated carbocycles. The van der Waals surface area contributed by atoms with Crippen molar-refractivity contribution in [2.24, 2.45) is 0 Å². The van der Waals surface area contributed by atoms with Gasteiger partial charge >= 0.3 is 0 Å². The summed E-state index contributed by atoms with van der Waals surface area (Å²) in [6, 6.07) is 12.4. The molecule has 2 N–H and O–H groups in total. The monoisotopic (exact) mass is 451 g/mol. The number of nitrogens with one attached hydrogen (secondary N) is 2. The predicted molar refractivity (Wildman–Crippen MR) is 114 cm³/mol. The lowest BCUT2D eigenvalue weighted by molar-refractivity contribution is -0.116. The largest absolute Gasteiger partial charge is 0.326 e. The number of sulfonamides is 2. The number of benzene rings is 2. The van der Waals surface area contributed by atoms with Crippen LogP contribution >= 0.6 is 0 Å². The molecule has 3 rings (SSSR count). The molecule has 1 amide bonds. The minimum atomic E-state index is -3.68. The van der Waals surface area contributed by atoms with Crippen LogP contribution in [0.15, 0.2) is 58.3 Å². The second-order valence-corrected chi connectivity index (χ2v) is 10.8. The lowest BCUT2D eigenvalue weighted by atomic mass is 10.2. The smallest absolute Gasteiger partial charge is 0.243 e. The number of amides is 1. The Balaban J connectivity index is 1.52. The second kappa shape index (κ2) is 9.25. The predicted octanol–water partition coefficient (Wildman–Crippen LogP) is 2.09. The maximum atomic E-state index is 12.5. The zero-order valence-electron chi connectivity index (χ0n) is 16.7. The average Bonchev–Trinajstić information content (AvgIpc) is 3.24. The maximum Gasteiger partial charge on any atom is 0.243 e. The molecule has 0 aliphatic carbocycles. The number of carbonyl (C=O) groups is 1. The van der Waals surface area contributed by atoms with E-state index in [9.17, 15) is 21.6 Å². The molecular formula is C20H25N3O5S2. The fourth-order valence-corrected chi connectivity index (χ4v) is 5.66. The van der Waals surface area contributed by atoms with E-state index < -0.39 is 20.0 Å². The first-order valence-corrected chi connectivity index (χ1v) is 12.6. The Bertz CT molecular complexity index is 1090. The highest BCUT2D eigenvalue weighted by Crippen LogP contribution is 2.22. The molecule has 2 aromatic rings. The van der Waals surface area contributed by atoms with Gasteiger partial charge in [-0.15, -0.1) is 0 Å². The minimum Gasteiger partial charge on any atom is -0.326 e. The fraction of sp³-hybridized carbons (Fsp3) is 0.350. The molecule has 0 unspecified atom stereocenters. The van der Waals surface area contributed by atoms with Crippen LogP contribution in [0.25, 0.3) is 0 Å². The molecule has 0 spiro atoms. The van der Waals surface area contributed by atoms with Crippen molar-refractivity contribution in [2.75, 3.05) is 25.0 Å². The summed E-state index contributed by atoms with van der Waals surface area (Å²) in [5, 5.41) is 2.64. The first-order chi connectivity index (χ1) is 14.2. The molecule has 2 aromatic carbocycles. The van der Waals surface area contributed by atoms with Crippen LogP contribution in [0, 0.1) is 6.92 Å². The molecule has 1 aliphatic rings. The molecule has 162 valence electrons. The third kappa shape index (κ3) is 5.45. The zero-order valence-corrected chi connectivity index (χ0v) is 18.3. The highest BCUT2D eigenvalue weighted by Gasteiger charge is 2.26.